The SMILES string of the molecule is OC1[C@H](C2COCO2)O[C@H]2OCO[C@@H]12. The van der Waals surface area contributed by atoms with Gasteiger partial charge in [0.05, 0.1) is 6.61 Å². The van der Waals surface area contributed by atoms with Crippen LogP contribution < -0.4 is 0 Å². The highest BCUT2D eigenvalue weighted by Crippen LogP contribution is 2.32. The van der Waals surface area contributed by atoms with E-state index in [-0.39, 0.29) is 25.8 Å². The molecule has 3 fully saturated rings. The molecule has 2 unspecified atom stereocenters. The number of fused-ring (bicyclic) bond motifs is 1. The Bertz CT molecular complexity index is 216. The van der Waals surface area contributed by atoms with Crippen LogP contribution in [0.4, 0.5) is 0 Å². The second-order valence-corrected chi connectivity index (χ2v) is 3.57. The van der Waals surface area contributed by atoms with Crippen LogP contribution in [-0.2, 0) is 23.7 Å². The molecule has 0 bridgehead atoms. The average Bonchev–Trinajstić information content (AvgIpc) is 2.84. The Hall–Kier alpha value is -0.240. The zero-order chi connectivity index (χ0) is 9.54. The summed E-state index contributed by atoms with van der Waals surface area (Å²) in [7, 11) is 0. The molecule has 80 valence electrons. The number of rotatable bonds is 1. The van der Waals surface area contributed by atoms with Gasteiger partial charge in [0, 0.05) is 0 Å². The van der Waals surface area contributed by atoms with E-state index in [0.717, 1.165) is 0 Å². The highest BCUT2D eigenvalue weighted by atomic mass is 16.8. The lowest BCUT2D eigenvalue weighted by Gasteiger charge is -2.20. The summed E-state index contributed by atoms with van der Waals surface area (Å²) >= 11 is 0. The monoisotopic (exact) mass is 204 g/mol. The summed E-state index contributed by atoms with van der Waals surface area (Å²) in [5.41, 5.74) is 0. The van der Waals surface area contributed by atoms with E-state index >= 15 is 0 Å². The molecule has 3 aliphatic rings. The van der Waals surface area contributed by atoms with E-state index in [4.69, 9.17) is 23.7 Å². The fraction of sp³-hybridized carbons (Fsp3) is 1.00. The summed E-state index contributed by atoms with van der Waals surface area (Å²) in [6.07, 6.45) is -2.17. The lowest BCUT2D eigenvalue weighted by Crippen LogP contribution is -2.40. The first-order valence-electron chi connectivity index (χ1n) is 4.62. The molecule has 6 nitrogen and oxygen atoms in total. The molecular formula is C8H12O6. The van der Waals surface area contributed by atoms with Gasteiger partial charge in [-0.3, -0.25) is 0 Å². The predicted molar refractivity (Wildman–Crippen MR) is 41.2 cm³/mol. The summed E-state index contributed by atoms with van der Waals surface area (Å²) in [5, 5.41) is 9.85. The predicted octanol–water partition coefficient (Wildman–Crippen LogP) is -1.18. The number of aliphatic hydroxyl groups excluding tert-OH is 1. The van der Waals surface area contributed by atoms with Crippen molar-refractivity contribution in [2.45, 2.75) is 30.7 Å². The fourth-order valence-corrected chi connectivity index (χ4v) is 2.00. The number of hydrogen-bond donors (Lipinski definition) is 1. The Balaban J connectivity index is 1.70. The highest BCUT2D eigenvalue weighted by Gasteiger charge is 2.52. The van der Waals surface area contributed by atoms with Crippen LogP contribution in [0.5, 0.6) is 0 Å². The minimum absolute atomic E-state index is 0.182. The molecule has 0 aromatic carbocycles. The molecule has 0 amide bonds. The third-order valence-electron chi connectivity index (χ3n) is 2.74. The van der Waals surface area contributed by atoms with E-state index in [1.54, 1.807) is 0 Å². The van der Waals surface area contributed by atoms with E-state index in [0.29, 0.717) is 6.61 Å². The molecule has 0 saturated carbocycles. The van der Waals surface area contributed by atoms with Gasteiger partial charge in [0.1, 0.15) is 31.2 Å². The molecule has 3 saturated heterocycles. The normalized spacial score (nSPS) is 52.5. The summed E-state index contributed by atoms with van der Waals surface area (Å²) in [6, 6.07) is 0. The van der Waals surface area contributed by atoms with Crippen molar-refractivity contribution in [1.82, 2.24) is 0 Å². The van der Waals surface area contributed by atoms with E-state index in [9.17, 15) is 5.11 Å². The second-order valence-electron chi connectivity index (χ2n) is 3.57. The molecule has 0 aromatic heterocycles. The Morgan fingerprint density at radius 1 is 1.00 bits per heavy atom. The van der Waals surface area contributed by atoms with E-state index in [2.05, 4.69) is 0 Å². The second kappa shape index (κ2) is 3.41. The van der Waals surface area contributed by atoms with Crippen molar-refractivity contribution in [3.8, 4) is 0 Å². The third kappa shape index (κ3) is 1.27. The van der Waals surface area contributed by atoms with Crippen molar-refractivity contribution >= 4 is 0 Å². The first-order chi connectivity index (χ1) is 6.86. The maximum atomic E-state index is 9.85. The van der Waals surface area contributed by atoms with Crippen LogP contribution in [0.25, 0.3) is 0 Å². The van der Waals surface area contributed by atoms with Crippen LogP contribution in [0.1, 0.15) is 0 Å². The third-order valence-corrected chi connectivity index (χ3v) is 2.74. The Morgan fingerprint density at radius 3 is 2.64 bits per heavy atom. The zero-order valence-electron chi connectivity index (χ0n) is 7.50. The molecule has 14 heavy (non-hydrogen) atoms. The molecule has 0 aliphatic carbocycles. The van der Waals surface area contributed by atoms with Gasteiger partial charge in [-0.2, -0.15) is 0 Å². The van der Waals surface area contributed by atoms with Gasteiger partial charge in [0.2, 0.25) is 0 Å². The molecule has 1 N–H and O–H groups in total. The van der Waals surface area contributed by atoms with Crippen LogP contribution in [0.2, 0.25) is 0 Å². The molecule has 3 aliphatic heterocycles. The lowest BCUT2D eigenvalue weighted by atomic mass is 10.1. The smallest absolute Gasteiger partial charge is 0.189 e. The molecule has 3 rings (SSSR count). The quantitative estimate of drug-likeness (QED) is 0.580. The van der Waals surface area contributed by atoms with Crippen LogP contribution in [0, 0.1) is 0 Å². The van der Waals surface area contributed by atoms with Gasteiger partial charge in [-0.05, 0) is 0 Å². The number of hydrogen-bond acceptors (Lipinski definition) is 6. The van der Waals surface area contributed by atoms with Gasteiger partial charge in [-0.25, -0.2) is 0 Å². The molecule has 3 heterocycles. The standard InChI is InChI=1S/C8H12O6/c9-5-6(4-1-10-2-11-4)14-8-7(5)12-3-13-8/h4-9H,1-3H2/t4?,5?,6-,7-,8+/m0/s1. The van der Waals surface area contributed by atoms with Gasteiger partial charge in [-0.15, -0.1) is 0 Å². The minimum atomic E-state index is -0.700. The summed E-state index contributed by atoms with van der Waals surface area (Å²) in [4.78, 5) is 0. The number of ether oxygens (including phenoxy) is 5. The zero-order valence-corrected chi connectivity index (χ0v) is 7.50. The molecule has 0 spiro atoms. The van der Waals surface area contributed by atoms with Crippen molar-refractivity contribution in [3.05, 3.63) is 0 Å². The molecule has 0 radical (unpaired) electrons. The summed E-state index contributed by atoms with van der Waals surface area (Å²) in [6.45, 7) is 0.886. The van der Waals surface area contributed by atoms with Crippen molar-refractivity contribution in [2.24, 2.45) is 0 Å². The van der Waals surface area contributed by atoms with E-state index in [1.165, 1.54) is 0 Å². The first-order valence-corrected chi connectivity index (χ1v) is 4.62. The van der Waals surface area contributed by atoms with E-state index < -0.39 is 18.5 Å². The van der Waals surface area contributed by atoms with Gasteiger partial charge >= 0.3 is 0 Å². The maximum absolute atomic E-state index is 9.85. The van der Waals surface area contributed by atoms with Gasteiger partial charge in [-0.1, -0.05) is 0 Å². The van der Waals surface area contributed by atoms with Gasteiger partial charge < -0.3 is 28.8 Å². The largest absolute Gasteiger partial charge is 0.387 e. The van der Waals surface area contributed by atoms with Crippen molar-refractivity contribution in [1.29, 1.82) is 0 Å². The summed E-state index contributed by atoms with van der Waals surface area (Å²) in [5.74, 6) is 0. The molecule has 5 atom stereocenters. The minimum Gasteiger partial charge on any atom is -0.387 e. The van der Waals surface area contributed by atoms with Crippen LogP contribution >= 0.6 is 0 Å². The molecule has 6 heteroatoms. The molecular weight excluding hydrogens is 192 g/mol. The molecule has 0 aromatic rings. The Morgan fingerprint density at radius 2 is 1.93 bits per heavy atom. The van der Waals surface area contributed by atoms with Crippen LogP contribution in [0.3, 0.4) is 0 Å². The van der Waals surface area contributed by atoms with Gasteiger partial charge in [0.25, 0.3) is 0 Å². The topological polar surface area (TPSA) is 66.4 Å². The van der Waals surface area contributed by atoms with Crippen LogP contribution in [0.15, 0.2) is 0 Å². The summed E-state index contributed by atoms with van der Waals surface area (Å²) < 4.78 is 26.1. The van der Waals surface area contributed by atoms with Crippen molar-refractivity contribution in [2.75, 3.05) is 20.2 Å². The maximum Gasteiger partial charge on any atom is 0.189 e. The van der Waals surface area contributed by atoms with Crippen molar-refractivity contribution < 1.29 is 28.8 Å². The average molecular weight is 204 g/mol. The van der Waals surface area contributed by atoms with Crippen LogP contribution in [-0.4, -0.2) is 56.0 Å². The van der Waals surface area contributed by atoms with E-state index in [1.807, 2.05) is 0 Å². The Kier molecular flexibility index (Phi) is 2.19. The highest BCUT2D eigenvalue weighted by molar-refractivity contribution is 4.94. The lowest BCUT2D eigenvalue weighted by molar-refractivity contribution is -0.155. The van der Waals surface area contributed by atoms with Crippen molar-refractivity contribution in [3.63, 3.8) is 0 Å². The Labute approximate surface area is 80.6 Å². The first kappa shape index (κ1) is 9.02. The van der Waals surface area contributed by atoms with Gasteiger partial charge in [0.15, 0.2) is 13.1 Å². The number of aliphatic hydroxyl groups is 1. The fourth-order valence-electron chi connectivity index (χ4n) is 2.00.